The van der Waals surface area contributed by atoms with Crippen LogP contribution in [0.5, 0.6) is 5.75 Å². The van der Waals surface area contributed by atoms with Crippen LogP contribution in [0, 0.1) is 12.8 Å². The zero-order valence-electron chi connectivity index (χ0n) is 14.4. The highest BCUT2D eigenvalue weighted by atomic mass is 16.5. The fourth-order valence-corrected chi connectivity index (χ4v) is 3.62. The molecule has 3 rings (SSSR count). The summed E-state index contributed by atoms with van der Waals surface area (Å²) in [4.78, 5) is 14.5. The lowest BCUT2D eigenvalue weighted by atomic mass is 9.82. The van der Waals surface area contributed by atoms with Gasteiger partial charge in [0.05, 0.1) is 12.6 Å². The highest BCUT2D eigenvalue weighted by Crippen LogP contribution is 2.47. The zero-order valence-corrected chi connectivity index (χ0v) is 14.4. The van der Waals surface area contributed by atoms with E-state index in [1.807, 2.05) is 17.9 Å². The Morgan fingerprint density at radius 1 is 1.48 bits per heavy atom. The normalized spacial score (nSPS) is 25.9. The van der Waals surface area contributed by atoms with Crippen molar-refractivity contribution >= 4 is 6.03 Å². The maximum Gasteiger partial charge on any atom is 0.321 e. The average Bonchev–Trinajstić information content (AvgIpc) is 2.51. The lowest BCUT2D eigenvalue weighted by molar-refractivity contribution is -0.134. The van der Waals surface area contributed by atoms with E-state index in [1.165, 1.54) is 5.56 Å². The molecule has 5 nitrogen and oxygen atoms in total. The molecule has 1 aromatic carbocycles. The van der Waals surface area contributed by atoms with Gasteiger partial charge in [0.25, 0.3) is 0 Å². The molecule has 2 aliphatic rings. The Balaban J connectivity index is 1.97. The summed E-state index contributed by atoms with van der Waals surface area (Å²) in [5.41, 5.74) is 1.66. The molecular formula is C18H26N2O3. The molecule has 0 aromatic heterocycles. The third-order valence-corrected chi connectivity index (χ3v) is 4.89. The van der Waals surface area contributed by atoms with Gasteiger partial charge in [-0.25, -0.2) is 4.79 Å². The predicted molar refractivity (Wildman–Crippen MR) is 88.5 cm³/mol. The second-order valence-corrected chi connectivity index (χ2v) is 6.70. The van der Waals surface area contributed by atoms with Crippen LogP contribution in [0.2, 0.25) is 0 Å². The molecule has 2 amide bonds. The standard InChI is InChI=1S/C18H26N2O3/c1-5-22-9-8-20-17(21)19-15-11-18(20,12(2)3)23-16-7-6-13(4)10-14(15)16/h6-7,10,12,15H,5,8-9,11H2,1-4H3,(H,19,21). The van der Waals surface area contributed by atoms with Crippen LogP contribution in [-0.4, -0.2) is 36.4 Å². The summed E-state index contributed by atoms with van der Waals surface area (Å²) in [6.45, 7) is 9.95. The van der Waals surface area contributed by atoms with Crippen LogP contribution in [0.3, 0.4) is 0 Å². The van der Waals surface area contributed by atoms with Gasteiger partial charge in [-0.05, 0) is 19.9 Å². The quantitative estimate of drug-likeness (QED) is 0.848. The number of hydrogen-bond acceptors (Lipinski definition) is 3. The Morgan fingerprint density at radius 2 is 2.26 bits per heavy atom. The maximum atomic E-state index is 12.7. The van der Waals surface area contributed by atoms with Crippen molar-refractivity contribution in [3.8, 4) is 5.75 Å². The maximum absolute atomic E-state index is 12.7. The molecule has 126 valence electrons. The molecule has 0 radical (unpaired) electrons. The molecule has 0 aliphatic carbocycles. The summed E-state index contributed by atoms with van der Waals surface area (Å²) >= 11 is 0. The summed E-state index contributed by atoms with van der Waals surface area (Å²) in [7, 11) is 0. The number of urea groups is 1. The molecule has 1 N–H and O–H groups in total. The van der Waals surface area contributed by atoms with Gasteiger partial charge in [-0.2, -0.15) is 0 Å². The Kier molecular flexibility index (Phi) is 4.23. The highest BCUT2D eigenvalue weighted by molar-refractivity contribution is 5.77. The van der Waals surface area contributed by atoms with Crippen molar-refractivity contribution in [3.05, 3.63) is 29.3 Å². The second kappa shape index (κ2) is 6.04. The molecule has 2 heterocycles. The first-order valence-corrected chi connectivity index (χ1v) is 8.43. The number of amides is 2. The van der Waals surface area contributed by atoms with E-state index in [1.54, 1.807) is 0 Å². The Morgan fingerprint density at radius 3 is 2.96 bits per heavy atom. The van der Waals surface area contributed by atoms with Crippen LogP contribution in [0.15, 0.2) is 18.2 Å². The number of fused-ring (bicyclic) bond motifs is 4. The fraction of sp³-hybridized carbons (Fsp3) is 0.611. The van der Waals surface area contributed by atoms with E-state index in [0.29, 0.717) is 19.8 Å². The van der Waals surface area contributed by atoms with Crippen LogP contribution >= 0.6 is 0 Å². The van der Waals surface area contributed by atoms with Gasteiger partial charge in [-0.1, -0.05) is 31.5 Å². The van der Waals surface area contributed by atoms with E-state index < -0.39 is 5.72 Å². The van der Waals surface area contributed by atoms with E-state index in [2.05, 4.69) is 38.2 Å². The van der Waals surface area contributed by atoms with Crippen LogP contribution in [0.4, 0.5) is 4.79 Å². The predicted octanol–water partition coefficient (Wildman–Crippen LogP) is 3.23. The topological polar surface area (TPSA) is 50.8 Å². The number of carbonyl (C=O) groups excluding carboxylic acids is 1. The number of benzene rings is 1. The first-order chi connectivity index (χ1) is 11.0. The van der Waals surface area contributed by atoms with Crippen LogP contribution in [-0.2, 0) is 4.74 Å². The average molecular weight is 318 g/mol. The highest BCUT2D eigenvalue weighted by Gasteiger charge is 2.53. The van der Waals surface area contributed by atoms with Gasteiger partial charge < -0.3 is 14.8 Å². The van der Waals surface area contributed by atoms with E-state index in [-0.39, 0.29) is 18.0 Å². The minimum absolute atomic E-state index is 0.0110. The van der Waals surface area contributed by atoms with Crippen molar-refractivity contribution in [2.45, 2.75) is 45.9 Å². The molecule has 2 aliphatic heterocycles. The minimum Gasteiger partial charge on any atom is -0.467 e. The number of rotatable bonds is 5. The van der Waals surface area contributed by atoms with Crippen molar-refractivity contribution in [2.24, 2.45) is 5.92 Å². The molecule has 1 aromatic rings. The SMILES string of the molecule is CCOCCN1C(=O)NC2CC1(C(C)C)Oc1ccc(C)cc12. The van der Waals surface area contributed by atoms with E-state index in [9.17, 15) is 4.79 Å². The Bertz CT molecular complexity index is 602. The van der Waals surface area contributed by atoms with Crippen molar-refractivity contribution in [3.63, 3.8) is 0 Å². The molecule has 1 fully saturated rings. The van der Waals surface area contributed by atoms with Crippen LogP contribution in [0.25, 0.3) is 0 Å². The number of hydrogen-bond donors (Lipinski definition) is 1. The van der Waals surface area contributed by atoms with Crippen molar-refractivity contribution in [2.75, 3.05) is 19.8 Å². The van der Waals surface area contributed by atoms with Gasteiger partial charge in [-0.3, -0.25) is 4.90 Å². The zero-order chi connectivity index (χ0) is 16.6. The van der Waals surface area contributed by atoms with Crippen molar-refractivity contribution in [1.29, 1.82) is 0 Å². The summed E-state index contributed by atoms with van der Waals surface area (Å²) in [5.74, 6) is 1.06. The van der Waals surface area contributed by atoms with Gasteiger partial charge >= 0.3 is 6.03 Å². The van der Waals surface area contributed by atoms with Crippen LogP contribution in [0.1, 0.15) is 44.4 Å². The molecule has 5 heteroatoms. The van der Waals surface area contributed by atoms with Crippen LogP contribution < -0.4 is 10.1 Å². The number of ether oxygens (including phenoxy) is 2. The third kappa shape index (κ3) is 2.67. The molecule has 2 unspecified atom stereocenters. The third-order valence-electron chi connectivity index (χ3n) is 4.89. The smallest absolute Gasteiger partial charge is 0.321 e. The van der Waals surface area contributed by atoms with Crippen molar-refractivity contribution < 1.29 is 14.3 Å². The number of nitrogens with one attached hydrogen (secondary N) is 1. The van der Waals surface area contributed by atoms with Gasteiger partial charge in [0, 0.05) is 31.1 Å². The molecule has 23 heavy (non-hydrogen) atoms. The van der Waals surface area contributed by atoms with E-state index in [4.69, 9.17) is 9.47 Å². The molecule has 2 bridgehead atoms. The van der Waals surface area contributed by atoms with Gasteiger partial charge in [0.15, 0.2) is 5.72 Å². The van der Waals surface area contributed by atoms with E-state index >= 15 is 0 Å². The Labute approximate surface area is 137 Å². The minimum atomic E-state index is -0.605. The van der Waals surface area contributed by atoms with Crippen molar-refractivity contribution in [1.82, 2.24) is 10.2 Å². The molecule has 2 atom stereocenters. The molecule has 1 saturated heterocycles. The van der Waals surface area contributed by atoms with Gasteiger partial charge in [0.1, 0.15) is 5.75 Å². The molecular weight excluding hydrogens is 292 g/mol. The monoisotopic (exact) mass is 318 g/mol. The first kappa shape index (κ1) is 16.1. The summed E-state index contributed by atoms with van der Waals surface area (Å²) < 4.78 is 11.9. The molecule has 0 saturated carbocycles. The van der Waals surface area contributed by atoms with Gasteiger partial charge in [-0.15, -0.1) is 0 Å². The first-order valence-electron chi connectivity index (χ1n) is 8.43. The summed E-state index contributed by atoms with van der Waals surface area (Å²) in [5, 5.41) is 3.14. The molecule has 0 spiro atoms. The summed E-state index contributed by atoms with van der Waals surface area (Å²) in [6.07, 6.45) is 0.763. The lowest BCUT2D eigenvalue weighted by Gasteiger charge is -2.54. The fourth-order valence-electron chi connectivity index (χ4n) is 3.62. The number of carbonyl (C=O) groups is 1. The van der Waals surface area contributed by atoms with E-state index in [0.717, 1.165) is 17.7 Å². The summed E-state index contributed by atoms with van der Waals surface area (Å²) in [6, 6.07) is 6.13. The number of aryl methyl sites for hydroxylation is 1. The largest absolute Gasteiger partial charge is 0.467 e. The van der Waals surface area contributed by atoms with Gasteiger partial charge in [0.2, 0.25) is 0 Å². The second-order valence-electron chi connectivity index (χ2n) is 6.70. The Hall–Kier alpha value is -1.75. The lowest BCUT2D eigenvalue weighted by Crippen LogP contribution is -2.68. The number of nitrogens with zero attached hydrogens (tertiary/aromatic N) is 1.